The van der Waals surface area contributed by atoms with Crippen LogP contribution >= 0.6 is 11.3 Å². The van der Waals surface area contributed by atoms with Crippen molar-refractivity contribution in [2.24, 2.45) is 5.92 Å². The number of fused-ring (bicyclic) bond motifs is 1. The highest BCUT2D eigenvalue weighted by molar-refractivity contribution is 7.17. The van der Waals surface area contributed by atoms with E-state index in [4.69, 9.17) is 0 Å². The summed E-state index contributed by atoms with van der Waals surface area (Å²) in [5.74, 6) is 1.78. The first-order chi connectivity index (χ1) is 11.2. The highest BCUT2D eigenvalue weighted by atomic mass is 32.1. The lowest BCUT2D eigenvalue weighted by atomic mass is 9.84. The summed E-state index contributed by atoms with van der Waals surface area (Å²) >= 11 is 1.77. The number of anilines is 1. The van der Waals surface area contributed by atoms with Gasteiger partial charge in [0.05, 0.1) is 0 Å². The molecule has 1 saturated heterocycles. The molecule has 1 aliphatic heterocycles. The van der Waals surface area contributed by atoms with Crippen LogP contribution in [0.25, 0.3) is 10.1 Å². The van der Waals surface area contributed by atoms with Gasteiger partial charge in [-0.2, -0.15) is 0 Å². The molecule has 23 heavy (non-hydrogen) atoms. The van der Waals surface area contributed by atoms with Crippen molar-refractivity contribution in [1.29, 1.82) is 0 Å². The Kier molecular flexibility index (Phi) is 3.97. The van der Waals surface area contributed by atoms with Gasteiger partial charge in [-0.15, -0.1) is 11.3 Å². The summed E-state index contributed by atoms with van der Waals surface area (Å²) < 4.78 is 1.30. The molecule has 4 rings (SSSR count). The van der Waals surface area contributed by atoms with E-state index >= 15 is 0 Å². The van der Waals surface area contributed by atoms with Gasteiger partial charge in [0, 0.05) is 48.4 Å². The first-order valence-electron chi connectivity index (χ1n) is 8.58. The Bertz CT molecular complexity index is 701. The van der Waals surface area contributed by atoms with Crippen LogP contribution in [-0.4, -0.2) is 42.0 Å². The molecule has 1 amide bonds. The van der Waals surface area contributed by atoms with Crippen LogP contribution in [0.5, 0.6) is 0 Å². The van der Waals surface area contributed by atoms with E-state index in [9.17, 15) is 4.79 Å². The van der Waals surface area contributed by atoms with E-state index in [1.165, 1.54) is 16.5 Å². The Hall–Kier alpha value is -1.62. The van der Waals surface area contributed by atoms with Crippen LogP contribution in [-0.2, 0) is 4.79 Å². The first-order valence-corrected chi connectivity index (χ1v) is 9.46. The van der Waals surface area contributed by atoms with Gasteiger partial charge >= 0.3 is 0 Å². The molecular weight excluding hydrogens is 306 g/mol. The van der Waals surface area contributed by atoms with Crippen molar-refractivity contribution in [3.05, 3.63) is 23.7 Å². The van der Waals surface area contributed by atoms with Crippen LogP contribution in [0, 0.1) is 5.92 Å². The van der Waals surface area contributed by atoms with Crippen LogP contribution in [0.3, 0.4) is 0 Å². The number of hydrogen-bond acceptors (Lipinski definition) is 4. The number of carbonyl (C=O) groups is 1. The van der Waals surface area contributed by atoms with Gasteiger partial charge in [0.2, 0.25) is 5.91 Å². The minimum atomic E-state index is 0.305. The lowest BCUT2D eigenvalue weighted by Gasteiger charge is -2.39. The van der Waals surface area contributed by atoms with E-state index in [0.717, 1.165) is 44.6 Å². The number of carbonyl (C=O) groups excluding carboxylic acids is 1. The van der Waals surface area contributed by atoms with E-state index < -0.39 is 0 Å². The molecule has 4 nitrogen and oxygen atoms in total. The Morgan fingerprint density at radius 2 is 2.04 bits per heavy atom. The van der Waals surface area contributed by atoms with Crippen molar-refractivity contribution < 1.29 is 4.79 Å². The monoisotopic (exact) mass is 329 g/mol. The number of piperidine rings is 1. The summed E-state index contributed by atoms with van der Waals surface area (Å²) in [7, 11) is 2.00. The average Bonchev–Trinajstić information content (AvgIpc) is 3.01. The molecule has 0 bridgehead atoms. The minimum absolute atomic E-state index is 0.305. The van der Waals surface area contributed by atoms with E-state index in [1.807, 2.05) is 18.1 Å². The SMILES string of the molecule is CN(C(=O)C1CCC1)C1CCN(c2nccc3sccc23)CC1. The summed E-state index contributed by atoms with van der Waals surface area (Å²) in [6, 6.07) is 4.64. The molecule has 0 radical (unpaired) electrons. The molecule has 3 heterocycles. The lowest BCUT2D eigenvalue weighted by Crippen LogP contribution is -2.48. The van der Waals surface area contributed by atoms with Gasteiger partial charge in [0.25, 0.3) is 0 Å². The second-order valence-corrected chi connectivity index (χ2v) is 7.71. The molecule has 0 spiro atoms. The fraction of sp³-hybridized carbons (Fsp3) is 0.556. The maximum atomic E-state index is 12.4. The van der Waals surface area contributed by atoms with Gasteiger partial charge in [-0.3, -0.25) is 4.79 Å². The number of thiophene rings is 1. The van der Waals surface area contributed by atoms with Crippen molar-refractivity contribution in [2.45, 2.75) is 38.1 Å². The Morgan fingerprint density at radius 1 is 1.26 bits per heavy atom. The highest BCUT2D eigenvalue weighted by Crippen LogP contribution is 2.32. The van der Waals surface area contributed by atoms with E-state index in [0.29, 0.717) is 17.9 Å². The van der Waals surface area contributed by atoms with Crippen LogP contribution in [0.4, 0.5) is 5.82 Å². The van der Waals surface area contributed by atoms with Crippen LogP contribution < -0.4 is 4.90 Å². The Balaban J connectivity index is 1.42. The molecule has 0 unspecified atom stereocenters. The van der Waals surface area contributed by atoms with Crippen molar-refractivity contribution >= 4 is 33.1 Å². The Labute approximate surface area is 141 Å². The molecule has 1 saturated carbocycles. The highest BCUT2D eigenvalue weighted by Gasteiger charge is 2.32. The Morgan fingerprint density at radius 3 is 2.74 bits per heavy atom. The number of amides is 1. The van der Waals surface area contributed by atoms with Gasteiger partial charge in [-0.05, 0) is 43.2 Å². The zero-order valence-electron chi connectivity index (χ0n) is 13.6. The number of pyridine rings is 1. The fourth-order valence-corrected chi connectivity index (χ4v) is 4.50. The third-order valence-electron chi connectivity index (χ3n) is 5.47. The van der Waals surface area contributed by atoms with Gasteiger partial charge in [-0.25, -0.2) is 4.98 Å². The summed E-state index contributed by atoms with van der Waals surface area (Å²) in [6.45, 7) is 1.96. The summed E-state index contributed by atoms with van der Waals surface area (Å²) in [4.78, 5) is 21.4. The molecule has 122 valence electrons. The maximum absolute atomic E-state index is 12.4. The zero-order chi connectivity index (χ0) is 15.8. The molecule has 0 N–H and O–H groups in total. The number of nitrogens with zero attached hydrogens (tertiary/aromatic N) is 3. The largest absolute Gasteiger partial charge is 0.356 e. The molecule has 0 aromatic carbocycles. The molecule has 2 aromatic heterocycles. The third-order valence-corrected chi connectivity index (χ3v) is 6.35. The third kappa shape index (κ3) is 2.71. The number of rotatable bonds is 3. The first kappa shape index (κ1) is 14.9. The van der Waals surface area contributed by atoms with Crippen LogP contribution in [0.15, 0.2) is 23.7 Å². The summed E-state index contributed by atoms with van der Waals surface area (Å²) in [5, 5.41) is 3.39. The van der Waals surface area contributed by atoms with E-state index in [-0.39, 0.29) is 0 Å². The topological polar surface area (TPSA) is 36.4 Å². The van der Waals surface area contributed by atoms with Gasteiger partial charge < -0.3 is 9.80 Å². The van der Waals surface area contributed by atoms with Gasteiger partial charge in [-0.1, -0.05) is 6.42 Å². The molecule has 2 aliphatic rings. The standard InChI is InChI=1S/C18H23N3OS/c1-20(18(22)13-3-2-4-13)14-6-10-21(11-7-14)17-15-8-12-23-16(15)5-9-19-17/h5,8-9,12-14H,2-4,6-7,10-11H2,1H3. The lowest BCUT2D eigenvalue weighted by molar-refractivity contribution is -0.139. The molecule has 5 heteroatoms. The molecule has 2 aromatic rings. The average molecular weight is 329 g/mol. The fourth-order valence-electron chi connectivity index (χ4n) is 3.72. The van der Waals surface area contributed by atoms with Crippen LogP contribution in [0.2, 0.25) is 0 Å². The molecule has 0 atom stereocenters. The zero-order valence-corrected chi connectivity index (χ0v) is 14.4. The molecule has 1 aliphatic carbocycles. The summed E-state index contributed by atoms with van der Waals surface area (Å²) in [5.41, 5.74) is 0. The minimum Gasteiger partial charge on any atom is -0.356 e. The van der Waals surface area contributed by atoms with E-state index in [1.54, 1.807) is 11.3 Å². The quantitative estimate of drug-likeness (QED) is 0.864. The number of aromatic nitrogens is 1. The smallest absolute Gasteiger partial charge is 0.225 e. The van der Waals surface area contributed by atoms with Crippen molar-refractivity contribution in [3.8, 4) is 0 Å². The van der Waals surface area contributed by atoms with Gasteiger partial charge in [0.15, 0.2) is 0 Å². The van der Waals surface area contributed by atoms with Crippen molar-refractivity contribution in [1.82, 2.24) is 9.88 Å². The van der Waals surface area contributed by atoms with Crippen molar-refractivity contribution in [2.75, 3.05) is 25.0 Å². The second kappa shape index (κ2) is 6.11. The maximum Gasteiger partial charge on any atom is 0.225 e. The van der Waals surface area contributed by atoms with Crippen molar-refractivity contribution in [3.63, 3.8) is 0 Å². The van der Waals surface area contributed by atoms with E-state index in [2.05, 4.69) is 27.4 Å². The summed E-state index contributed by atoms with van der Waals surface area (Å²) in [6.07, 6.45) is 7.39. The number of hydrogen-bond donors (Lipinski definition) is 0. The van der Waals surface area contributed by atoms with Gasteiger partial charge in [0.1, 0.15) is 5.82 Å². The molecular formula is C18H23N3OS. The second-order valence-electron chi connectivity index (χ2n) is 6.76. The molecule has 2 fully saturated rings. The van der Waals surface area contributed by atoms with Crippen LogP contribution in [0.1, 0.15) is 32.1 Å². The predicted octanol–water partition coefficient (Wildman–Crippen LogP) is 3.52. The predicted molar refractivity (Wildman–Crippen MR) is 95.0 cm³/mol. The normalized spacial score (nSPS) is 19.8.